The van der Waals surface area contributed by atoms with Crippen LogP contribution in [0.3, 0.4) is 0 Å². The van der Waals surface area contributed by atoms with E-state index in [0.717, 1.165) is 22.0 Å². The van der Waals surface area contributed by atoms with Crippen LogP contribution in [0.15, 0.2) is 28.8 Å². The molecule has 1 aromatic heterocycles. The van der Waals surface area contributed by atoms with E-state index in [9.17, 15) is 0 Å². The fourth-order valence-electron chi connectivity index (χ4n) is 1.95. The van der Waals surface area contributed by atoms with Gasteiger partial charge in [0.15, 0.2) is 5.82 Å². The van der Waals surface area contributed by atoms with Crippen LogP contribution in [0.5, 0.6) is 0 Å². The topological polar surface area (TPSA) is 74.2 Å². The summed E-state index contributed by atoms with van der Waals surface area (Å²) in [7, 11) is 0. The van der Waals surface area contributed by atoms with Gasteiger partial charge in [-0.05, 0) is 66.1 Å². The highest BCUT2D eigenvalue weighted by molar-refractivity contribution is 14.1. The maximum Gasteiger partial charge on any atom is 0.257 e. The number of benzene rings is 1. The molecule has 106 valence electrons. The number of aromatic nitrogens is 2. The Kier molecular flexibility index (Phi) is 4.32. The maximum atomic E-state index is 6.03. The van der Waals surface area contributed by atoms with E-state index in [1.165, 1.54) is 6.42 Å². The fourth-order valence-corrected chi connectivity index (χ4v) is 2.31. The first-order valence-corrected chi connectivity index (χ1v) is 7.77. The zero-order valence-corrected chi connectivity index (χ0v) is 13.1. The molecule has 1 heterocycles. The second-order valence-corrected chi connectivity index (χ2v) is 6.20. The van der Waals surface area contributed by atoms with E-state index >= 15 is 0 Å². The Morgan fingerprint density at radius 3 is 2.75 bits per heavy atom. The molecular formula is C14H16IN3O2. The molecule has 2 N–H and O–H groups in total. The molecule has 0 amide bonds. The summed E-state index contributed by atoms with van der Waals surface area (Å²) >= 11 is 2.25. The lowest BCUT2D eigenvalue weighted by atomic mass is 9.96. The van der Waals surface area contributed by atoms with Gasteiger partial charge in [-0.3, -0.25) is 0 Å². The van der Waals surface area contributed by atoms with Gasteiger partial charge < -0.3 is 15.0 Å². The fraction of sp³-hybridized carbons (Fsp3) is 0.429. The number of hydrogen-bond donors (Lipinski definition) is 1. The van der Waals surface area contributed by atoms with Crippen molar-refractivity contribution in [2.45, 2.75) is 31.4 Å². The third kappa shape index (κ3) is 3.18. The molecule has 3 rings (SSSR count). The molecule has 1 saturated carbocycles. The normalized spacial score (nSPS) is 16.9. The molecule has 6 heteroatoms. The average molecular weight is 385 g/mol. The monoisotopic (exact) mass is 385 g/mol. The largest absolute Gasteiger partial charge is 0.376 e. The lowest BCUT2D eigenvalue weighted by Crippen LogP contribution is -2.27. The van der Waals surface area contributed by atoms with Crippen LogP contribution in [0, 0.1) is 3.57 Å². The van der Waals surface area contributed by atoms with Crippen molar-refractivity contribution in [2.24, 2.45) is 5.73 Å². The van der Waals surface area contributed by atoms with Crippen molar-refractivity contribution in [3.8, 4) is 11.5 Å². The summed E-state index contributed by atoms with van der Waals surface area (Å²) in [6.45, 7) is 0.441. The quantitative estimate of drug-likeness (QED) is 0.802. The van der Waals surface area contributed by atoms with Crippen LogP contribution in [-0.4, -0.2) is 22.9 Å². The minimum absolute atomic E-state index is 0.336. The van der Waals surface area contributed by atoms with E-state index < -0.39 is 0 Å². The van der Waals surface area contributed by atoms with Gasteiger partial charge in [0.1, 0.15) is 0 Å². The molecule has 1 aromatic carbocycles. The smallest absolute Gasteiger partial charge is 0.257 e. The molecule has 1 atom stereocenters. The molecule has 0 radical (unpaired) electrons. The van der Waals surface area contributed by atoms with Crippen molar-refractivity contribution in [2.75, 3.05) is 6.61 Å². The van der Waals surface area contributed by atoms with Gasteiger partial charge in [-0.15, -0.1) is 0 Å². The second kappa shape index (κ2) is 6.19. The van der Waals surface area contributed by atoms with E-state index in [0.29, 0.717) is 24.4 Å². The van der Waals surface area contributed by atoms with Crippen LogP contribution >= 0.6 is 22.6 Å². The Morgan fingerprint density at radius 1 is 1.35 bits per heavy atom. The molecule has 1 unspecified atom stereocenters. The number of nitrogens with two attached hydrogens (primary N) is 1. The standard InChI is InChI=1S/C14H16IN3O2/c15-10-6-4-9(5-7-10)14-17-13(18-20-14)12(16)8-19-11-2-1-3-11/h4-7,11-12H,1-3,8,16H2. The van der Waals surface area contributed by atoms with Crippen molar-refractivity contribution in [1.29, 1.82) is 0 Å². The molecule has 1 fully saturated rings. The summed E-state index contributed by atoms with van der Waals surface area (Å²) in [6, 6.07) is 7.57. The second-order valence-electron chi connectivity index (χ2n) is 4.96. The van der Waals surface area contributed by atoms with Crippen LogP contribution in [-0.2, 0) is 4.74 Å². The zero-order chi connectivity index (χ0) is 13.9. The average Bonchev–Trinajstić information content (AvgIpc) is 2.87. The number of ether oxygens (including phenoxy) is 1. The van der Waals surface area contributed by atoms with E-state index in [4.69, 9.17) is 15.0 Å². The van der Waals surface area contributed by atoms with E-state index in [-0.39, 0.29) is 6.04 Å². The van der Waals surface area contributed by atoms with Crippen LogP contribution in [0.25, 0.3) is 11.5 Å². The van der Waals surface area contributed by atoms with Gasteiger partial charge in [0, 0.05) is 9.13 Å². The van der Waals surface area contributed by atoms with Gasteiger partial charge in [0.25, 0.3) is 5.89 Å². The summed E-state index contributed by atoms with van der Waals surface area (Å²) in [6.07, 6.45) is 3.88. The first-order chi connectivity index (χ1) is 9.72. The molecule has 1 aliphatic carbocycles. The third-order valence-electron chi connectivity index (χ3n) is 3.43. The Balaban J connectivity index is 1.64. The molecule has 0 aliphatic heterocycles. The molecule has 0 spiro atoms. The SMILES string of the molecule is NC(COC1CCC1)c1noc(-c2ccc(I)cc2)n1. The van der Waals surface area contributed by atoms with Crippen LogP contribution < -0.4 is 5.73 Å². The summed E-state index contributed by atoms with van der Waals surface area (Å²) in [5.74, 6) is 0.994. The number of hydrogen-bond acceptors (Lipinski definition) is 5. The lowest BCUT2D eigenvalue weighted by Gasteiger charge is -2.26. The van der Waals surface area contributed by atoms with Gasteiger partial charge in [-0.25, -0.2) is 0 Å². The number of halogens is 1. The van der Waals surface area contributed by atoms with E-state index in [1.54, 1.807) is 0 Å². The van der Waals surface area contributed by atoms with Crippen molar-refractivity contribution < 1.29 is 9.26 Å². The minimum atomic E-state index is -0.336. The molecule has 0 saturated heterocycles. The molecule has 5 nitrogen and oxygen atoms in total. The van der Waals surface area contributed by atoms with Gasteiger partial charge in [0.2, 0.25) is 0 Å². The maximum absolute atomic E-state index is 6.03. The first kappa shape index (κ1) is 14.0. The van der Waals surface area contributed by atoms with Crippen LogP contribution in [0.4, 0.5) is 0 Å². The number of rotatable bonds is 5. The highest BCUT2D eigenvalue weighted by Crippen LogP contribution is 2.24. The Morgan fingerprint density at radius 2 is 2.10 bits per heavy atom. The van der Waals surface area contributed by atoms with Crippen LogP contribution in [0.2, 0.25) is 0 Å². The highest BCUT2D eigenvalue weighted by atomic mass is 127. The summed E-state index contributed by atoms with van der Waals surface area (Å²) in [4.78, 5) is 4.35. The Hall–Kier alpha value is -0.990. The molecule has 0 bridgehead atoms. The molecule has 2 aromatic rings. The van der Waals surface area contributed by atoms with Crippen molar-refractivity contribution >= 4 is 22.6 Å². The predicted molar refractivity (Wildman–Crippen MR) is 83.0 cm³/mol. The third-order valence-corrected chi connectivity index (χ3v) is 4.15. The van der Waals surface area contributed by atoms with Gasteiger partial charge in [-0.2, -0.15) is 4.98 Å². The van der Waals surface area contributed by atoms with Crippen LogP contribution in [0.1, 0.15) is 31.1 Å². The highest BCUT2D eigenvalue weighted by Gasteiger charge is 2.21. The van der Waals surface area contributed by atoms with Gasteiger partial charge >= 0.3 is 0 Å². The van der Waals surface area contributed by atoms with Gasteiger partial charge in [-0.1, -0.05) is 5.16 Å². The predicted octanol–water partition coefficient (Wildman–Crippen LogP) is 2.91. The Bertz CT molecular complexity index is 566. The van der Waals surface area contributed by atoms with Crippen molar-refractivity contribution in [3.63, 3.8) is 0 Å². The Labute approximate surface area is 131 Å². The van der Waals surface area contributed by atoms with E-state index in [1.807, 2.05) is 24.3 Å². The summed E-state index contributed by atoms with van der Waals surface area (Å²) in [5.41, 5.74) is 6.93. The molecule has 1 aliphatic rings. The summed E-state index contributed by atoms with van der Waals surface area (Å²) in [5, 5.41) is 3.94. The zero-order valence-electron chi connectivity index (χ0n) is 11.0. The van der Waals surface area contributed by atoms with Crippen molar-refractivity contribution in [3.05, 3.63) is 33.7 Å². The molecular weight excluding hydrogens is 369 g/mol. The van der Waals surface area contributed by atoms with Gasteiger partial charge in [0.05, 0.1) is 18.8 Å². The minimum Gasteiger partial charge on any atom is -0.376 e. The van der Waals surface area contributed by atoms with E-state index in [2.05, 4.69) is 32.7 Å². The van der Waals surface area contributed by atoms with Crippen molar-refractivity contribution in [1.82, 2.24) is 10.1 Å². The lowest BCUT2D eigenvalue weighted by molar-refractivity contribution is -0.00549. The number of nitrogens with zero attached hydrogens (tertiary/aromatic N) is 2. The first-order valence-electron chi connectivity index (χ1n) is 6.69. The summed E-state index contributed by atoms with van der Waals surface area (Å²) < 4.78 is 12.1. The molecule has 20 heavy (non-hydrogen) atoms.